The summed E-state index contributed by atoms with van der Waals surface area (Å²) in [6.45, 7) is 3.03. The van der Waals surface area contributed by atoms with Crippen molar-refractivity contribution in [2.24, 2.45) is 5.92 Å². The molecule has 1 fully saturated rings. The summed E-state index contributed by atoms with van der Waals surface area (Å²) in [6.07, 6.45) is 4.09. The summed E-state index contributed by atoms with van der Waals surface area (Å²) in [7, 11) is 0. The molecule has 1 nitrogen and oxygen atoms in total. The van der Waals surface area contributed by atoms with E-state index < -0.39 is 0 Å². The van der Waals surface area contributed by atoms with E-state index in [1.54, 1.807) is 0 Å². The molecule has 0 bridgehead atoms. The average molecular weight is 258 g/mol. The molecule has 1 aromatic carbocycles. The Hall–Kier alpha value is -0.240. The number of hydrogen-bond donors (Lipinski definition) is 1. The van der Waals surface area contributed by atoms with E-state index in [2.05, 4.69) is 12.2 Å². The second kappa shape index (κ2) is 5.39. The van der Waals surface area contributed by atoms with E-state index in [0.717, 1.165) is 18.0 Å². The predicted molar refractivity (Wildman–Crippen MR) is 70.1 cm³/mol. The maximum absolute atomic E-state index is 6.12. The predicted octanol–water partition coefficient (Wildman–Crippen LogP) is 4.27. The van der Waals surface area contributed by atoms with E-state index in [4.69, 9.17) is 23.2 Å². The van der Waals surface area contributed by atoms with Gasteiger partial charge >= 0.3 is 0 Å². The van der Waals surface area contributed by atoms with Crippen LogP contribution in [0.1, 0.15) is 31.7 Å². The third-order valence-corrected chi connectivity index (χ3v) is 3.91. The van der Waals surface area contributed by atoms with Crippen molar-refractivity contribution in [3.8, 4) is 0 Å². The lowest BCUT2D eigenvalue weighted by molar-refractivity contribution is 0.487. The Morgan fingerprint density at radius 2 is 2.12 bits per heavy atom. The molecule has 0 aliphatic heterocycles. The van der Waals surface area contributed by atoms with Crippen LogP contribution in [0, 0.1) is 5.92 Å². The monoisotopic (exact) mass is 257 g/mol. The normalized spacial score (nSPS) is 17.4. The Morgan fingerprint density at radius 1 is 1.38 bits per heavy atom. The lowest BCUT2D eigenvalue weighted by Crippen LogP contribution is -2.26. The molecule has 3 heteroatoms. The molecule has 0 amide bonds. The molecule has 0 aromatic heterocycles. The highest BCUT2D eigenvalue weighted by Crippen LogP contribution is 2.33. The van der Waals surface area contributed by atoms with Crippen molar-refractivity contribution in [1.82, 2.24) is 5.32 Å². The maximum atomic E-state index is 6.12. The Morgan fingerprint density at radius 3 is 2.81 bits per heavy atom. The first-order valence-electron chi connectivity index (χ1n) is 5.83. The quantitative estimate of drug-likeness (QED) is 0.831. The average Bonchev–Trinajstić information content (AvgIpc) is 3.04. The molecular formula is C13H17Cl2N. The topological polar surface area (TPSA) is 12.0 Å². The third-order valence-electron chi connectivity index (χ3n) is 3.06. The maximum Gasteiger partial charge on any atom is 0.0637 e. The largest absolute Gasteiger partial charge is 0.310 e. The number of halogens is 2. The summed E-state index contributed by atoms with van der Waals surface area (Å²) in [5.41, 5.74) is 1.08. The van der Waals surface area contributed by atoms with E-state index in [0.29, 0.717) is 16.1 Å². The molecule has 1 unspecified atom stereocenters. The molecule has 1 aliphatic rings. The minimum Gasteiger partial charge on any atom is -0.310 e. The van der Waals surface area contributed by atoms with Crippen molar-refractivity contribution < 1.29 is 0 Å². The van der Waals surface area contributed by atoms with E-state index in [9.17, 15) is 0 Å². The third kappa shape index (κ3) is 3.38. The van der Waals surface area contributed by atoms with Crippen LogP contribution in [0.5, 0.6) is 0 Å². The van der Waals surface area contributed by atoms with Gasteiger partial charge in [0.15, 0.2) is 0 Å². The van der Waals surface area contributed by atoms with Gasteiger partial charge in [0.05, 0.1) is 10.0 Å². The first-order valence-corrected chi connectivity index (χ1v) is 6.58. The van der Waals surface area contributed by atoms with E-state index >= 15 is 0 Å². The minimum absolute atomic E-state index is 0.558. The Bertz CT molecular complexity index is 361. The summed E-state index contributed by atoms with van der Waals surface area (Å²) in [5.74, 6) is 0.956. The summed E-state index contributed by atoms with van der Waals surface area (Å²) in [5, 5.41) is 4.81. The first-order chi connectivity index (χ1) is 7.66. The second-order valence-corrected chi connectivity index (χ2v) is 5.46. The molecule has 0 saturated heterocycles. The lowest BCUT2D eigenvalue weighted by atomic mass is 10.1. The van der Waals surface area contributed by atoms with Crippen molar-refractivity contribution in [2.75, 3.05) is 0 Å². The summed E-state index contributed by atoms with van der Waals surface area (Å²) >= 11 is 12.1. The van der Waals surface area contributed by atoms with Crippen molar-refractivity contribution in [3.05, 3.63) is 33.8 Å². The molecule has 2 rings (SSSR count). The van der Waals surface area contributed by atoms with Gasteiger partial charge in [0.2, 0.25) is 0 Å². The van der Waals surface area contributed by atoms with Crippen LogP contribution >= 0.6 is 23.2 Å². The molecule has 1 aromatic rings. The zero-order chi connectivity index (χ0) is 11.5. The molecule has 88 valence electrons. The zero-order valence-electron chi connectivity index (χ0n) is 9.47. The van der Waals surface area contributed by atoms with Crippen LogP contribution in [0.3, 0.4) is 0 Å². The van der Waals surface area contributed by atoms with Crippen LogP contribution in [0.4, 0.5) is 0 Å². The SMILES string of the molecule is CC(CC1CC1)NCc1cccc(Cl)c1Cl. The number of rotatable bonds is 5. The van der Waals surface area contributed by atoms with E-state index in [1.807, 2.05) is 18.2 Å². The van der Waals surface area contributed by atoms with Crippen LogP contribution < -0.4 is 5.32 Å². The van der Waals surface area contributed by atoms with Gasteiger partial charge in [-0.1, -0.05) is 48.2 Å². The Balaban J connectivity index is 1.85. The van der Waals surface area contributed by atoms with Gasteiger partial charge in [-0.3, -0.25) is 0 Å². The van der Waals surface area contributed by atoms with Gasteiger partial charge in [0.1, 0.15) is 0 Å². The standard InChI is InChI=1S/C13H17Cl2N/c1-9(7-10-5-6-10)16-8-11-3-2-4-12(14)13(11)15/h2-4,9-10,16H,5-8H2,1H3. The van der Waals surface area contributed by atoms with Gasteiger partial charge in [-0.05, 0) is 30.9 Å². The highest BCUT2D eigenvalue weighted by atomic mass is 35.5. The van der Waals surface area contributed by atoms with Crippen LogP contribution in [-0.4, -0.2) is 6.04 Å². The summed E-state index contributed by atoms with van der Waals surface area (Å²) in [4.78, 5) is 0. The van der Waals surface area contributed by atoms with Crippen LogP contribution in [0.25, 0.3) is 0 Å². The number of benzene rings is 1. The Labute approximate surface area is 107 Å². The van der Waals surface area contributed by atoms with Crippen molar-refractivity contribution in [1.29, 1.82) is 0 Å². The summed E-state index contributed by atoms with van der Waals surface area (Å²) in [6, 6.07) is 6.34. The molecule has 0 heterocycles. The van der Waals surface area contributed by atoms with Gasteiger partial charge in [-0.15, -0.1) is 0 Å². The van der Waals surface area contributed by atoms with Gasteiger partial charge in [0, 0.05) is 12.6 Å². The molecule has 1 aliphatic carbocycles. The van der Waals surface area contributed by atoms with Crippen molar-refractivity contribution in [3.63, 3.8) is 0 Å². The van der Waals surface area contributed by atoms with Crippen molar-refractivity contribution >= 4 is 23.2 Å². The van der Waals surface area contributed by atoms with Crippen molar-refractivity contribution in [2.45, 2.75) is 38.8 Å². The fourth-order valence-corrected chi connectivity index (χ4v) is 2.29. The van der Waals surface area contributed by atoms with Crippen LogP contribution in [0.15, 0.2) is 18.2 Å². The fraction of sp³-hybridized carbons (Fsp3) is 0.538. The molecule has 1 saturated carbocycles. The molecule has 1 atom stereocenters. The van der Waals surface area contributed by atoms with E-state index in [1.165, 1.54) is 19.3 Å². The minimum atomic E-state index is 0.558. The highest BCUT2D eigenvalue weighted by molar-refractivity contribution is 6.42. The molecule has 0 radical (unpaired) electrons. The van der Waals surface area contributed by atoms with E-state index in [-0.39, 0.29) is 0 Å². The fourth-order valence-electron chi connectivity index (χ4n) is 1.91. The Kier molecular flexibility index (Phi) is 4.12. The van der Waals surface area contributed by atoms with Crippen LogP contribution in [0.2, 0.25) is 10.0 Å². The van der Waals surface area contributed by atoms with Gasteiger partial charge in [-0.2, -0.15) is 0 Å². The molecule has 0 spiro atoms. The summed E-state index contributed by atoms with van der Waals surface area (Å²) < 4.78 is 0. The molecule has 16 heavy (non-hydrogen) atoms. The lowest BCUT2D eigenvalue weighted by Gasteiger charge is -2.14. The van der Waals surface area contributed by atoms with Gasteiger partial charge < -0.3 is 5.32 Å². The van der Waals surface area contributed by atoms with Gasteiger partial charge in [-0.25, -0.2) is 0 Å². The number of hydrogen-bond acceptors (Lipinski definition) is 1. The van der Waals surface area contributed by atoms with Gasteiger partial charge in [0.25, 0.3) is 0 Å². The highest BCUT2D eigenvalue weighted by Gasteiger charge is 2.23. The molecule has 1 N–H and O–H groups in total. The van der Waals surface area contributed by atoms with Crippen LogP contribution in [-0.2, 0) is 6.54 Å². The number of nitrogens with one attached hydrogen (secondary N) is 1. The smallest absolute Gasteiger partial charge is 0.0637 e. The second-order valence-electron chi connectivity index (χ2n) is 4.67. The zero-order valence-corrected chi connectivity index (χ0v) is 11.0. The molecular weight excluding hydrogens is 241 g/mol. The first kappa shape index (κ1) is 12.2.